The zero-order valence-corrected chi connectivity index (χ0v) is 10.6. The molecule has 0 heterocycles. The van der Waals surface area contributed by atoms with E-state index in [1.54, 1.807) is 0 Å². The number of nitrogens with two attached hydrogens (primary N) is 1. The Morgan fingerprint density at radius 3 is 2.47 bits per heavy atom. The normalized spacial score (nSPS) is 12.5. The quantitative estimate of drug-likeness (QED) is 0.789. The number of nitrogens with one attached hydrogen (secondary N) is 1. The molecule has 94 valence electrons. The minimum Gasteiger partial charge on any atom is -0.356 e. The molecule has 17 heavy (non-hydrogen) atoms. The Morgan fingerprint density at radius 2 is 1.94 bits per heavy atom. The van der Waals surface area contributed by atoms with Gasteiger partial charge in [0.15, 0.2) is 0 Å². The van der Waals surface area contributed by atoms with Crippen LogP contribution in [-0.4, -0.2) is 19.0 Å². The molecule has 3 nitrogen and oxygen atoms in total. The molecule has 1 aromatic carbocycles. The van der Waals surface area contributed by atoms with Crippen molar-refractivity contribution >= 4 is 5.91 Å². The SMILES string of the molecule is CC(C)CNC(=O)CC(CN)c1ccccc1. The summed E-state index contributed by atoms with van der Waals surface area (Å²) in [5.74, 6) is 0.674. The summed E-state index contributed by atoms with van der Waals surface area (Å²) in [6, 6.07) is 9.96. The van der Waals surface area contributed by atoms with E-state index in [9.17, 15) is 4.79 Å². The van der Waals surface area contributed by atoms with Crippen LogP contribution in [0.1, 0.15) is 31.7 Å². The Labute approximate surface area is 103 Å². The van der Waals surface area contributed by atoms with Gasteiger partial charge >= 0.3 is 0 Å². The first-order valence-corrected chi connectivity index (χ1v) is 6.15. The van der Waals surface area contributed by atoms with Gasteiger partial charge in [-0.15, -0.1) is 0 Å². The number of hydrogen-bond acceptors (Lipinski definition) is 2. The zero-order valence-electron chi connectivity index (χ0n) is 10.6. The molecule has 0 fully saturated rings. The summed E-state index contributed by atoms with van der Waals surface area (Å²) < 4.78 is 0. The van der Waals surface area contributed by atoms with Gasteiger partial charge in [-0.25, -0.2) is 0 Å². The third kappa shape index (κ3) is 5.00. The van der Waals surface area contributed by atoms with Gasteiger partial charge in [0.2, 0.25) is 5.91 Å². The lowest BCUT2D eigenvalue weighted by atomic mass is 9.95. The van der Waals surface area contributed by atoms with Gasteiger partial charge in [-0.2, -0.15) is 0 Å². The molecule has 1 rings (SSSR count). The third-order valence-electron chi connectivity index (χ3n) is 2.69. The number of amides is 1. The van der Waals surface area contributed by atoms with Crippen molar-refractivity contribution in [2.75, 3.05) is 13.1 Å². The van der Waals surface area contributed by atoms with E-state index in [2.05, 4.69) is 19.2 Å². The average Bonchev–Trinajstić information content (AvgIpc) is 2.34. The molecule has 0 spiro atoms. The van der Waals surface area contributed by atoms with E-state index in [0.717, 1.165) is 12.1 Å². The second kappa shape index (κ2) is 7.07. The van der Waals surface area contributed by atoms with Gasteiger partial charge in [0.05, 0.1) is 0 Å². The fourth-order valence-corrected chi connectivity index (χ4v) is 1.68. The number of hydrogen-bond donors (Lipinski definition) is 2. The third-order valence-corrected chi connectivity index (χ3v) is 2.69. The van der Waals surface area contributed by atoms with E-state index in [1.807, 2.05) is 30.3 Å². The highest BCUT2D eigenvalue weighted by atomic mass is 16.1. The maximum Gasteiger partial charge on any atom is 0.220 e. The summed E-state index contributed by atoms with van der Waals surface area (Å²) >= 11 is 0. The van der Waals surface area contributed by atoms with Crippen molar-refractivity contribution < 1.29 is 4.79 Å². The van der Waals surface area contributed by atoms with Crippen molar-refractivity contribution in [2.24, 2.45) is 11.7 Å². The molecule has 1 atom stereocenters. The first-order chi connectivity index (χ1) is 8.13. The van der Waals surface area contributed by atoms with Gasteiger partial charge in [-0.3, -0.25) is 4.79 Å². The first-order valence-electron chi connectivity index (χ1n) is 6.15. The predicted octanol–water partition coefficient (Wildman–Crippen LogP) is 1.89. The van der Waals surface area contributed by atoms with Crippen molar-refractivity contribution in [1.82, 2.24) is 5.32 Å². The summed E-state index contributed by atoms with van der Waals surface area (Å²) in [5, 5.41) is 2.92. The molecule has 0 aliphatic heterocycles. The molecule has 1 aromatic rings. The van der Waals surface area contributed by atoms with Gasteiger partial charge in [0.1, 0.15) is 0 Å². The molecular weight excluding hydrogens is 212 g/mol. The van der Waals surface area contributed by atoms with Crippen molar-refractivity contribution in [3.63, 3.8) is 0 Å². The maximum absolute atomic E-state index is 11.7. The molecule has 0 bridgehead atoms. The monoisotopic (exact) mass is 234 g/mol. The predicted molar refractivity (Wildman–Crippen MR) is 70.7 cm³/mol. The lowest BCUT2D eigenvalue weighted by Crippen LogP contribution is -2.30. The van der Waals surface area contributed by atoms with Crippen molar-refractivity contribution in [3.05, 3.63) is 35.9 Å². The second-order valence-corrected chi connectivity index (χ2v) is 4.75. The van der Waals surface area contributed by atoms with Crippen LogP contribution in [-0.2, 0) is 4.79 Å². The van der Waals surface area contributed by atoms with Gasteiger partial charge < -0.3 is 11.1 Å². The summed E-state index contributed by atoms with van der Waals surface area (Å²) in [6.07, 6.45) is 0.466. The number of carbonyl (C=O) groups is 1. The van der Waals surface area contributed by atoms with E-state index >= 15 is 0 Å². The van der Waals surface area contributed by atoms with Crippen LogP contribution in [0.4, 0.5) is 0 Å². The Kier molecular flexibility index (Phi) is 5.70. The largest absolute Gasteiger partial charge is 0.356 e. The van der Waals surface area contributed by atoms with Gasteiger partial charge in [-0.05, 0) is 18.0 Å². The highest BCUT2D eigenvalue weighted by molar-refractivity contribution is 5.76. The minimum absolute atomic E-state index is 0.0815. The van der Waals surface area contributed by atoms with Crippen LogP contribution in [0.2, 0.25) is 0 Å². The van der Waals surface area contributed by atoms with Crippen LogP contribution in [0.3, 0.4) is 0 Å². The molecule has 0 radical (unpaired) electrons. The Balaban J connectivity index is 2.50. The van der Waals surface area contributed by atoms with E-state index < -0.39 is 0 Å². The standard InChI is InChI=1S/C14H22N2O/c1-11(2)10-16-14(17)8-13(9-15)12-6-4-3-5-7-12/h3-7,11,13H,8-10,15H2,1-2H3,(H,16,17). The number of benzene rings is 1. The Bertz CT molecular complexity index is 335. The highest BCUT2D eigenvalue weighted by Crippen LogP contribution is 2.17. The Hall–Kier alpha value is -1.35. The van der Waals surface area contributed by atoms with Crippen molar-refractivity contribution in [1.29, 1.82) is 0 Å². The molecule has 0 saturated carbocycles. The smallest absolute Gasteiger partial charge is 0.220 e. The van der Waals surface area contributed by atoms with Crippen LogP contribution in [0.25, 0.3) is 0 Å². The van der Waals surface area contributed by atoms with E-state index in [0.29, 0.717) is 18.9 Å². The highest BCUT2D eigenvalue weighted by Gasteiger charge is 2.14. The zero-order chi connectivity index (χ0) is 12.7. The van der Waals surface area contributed by atoms with Gasteiger partial charge in [-0.1, -0.05) is 44.2 Å². The fraction of sp³-hybridized carbons (Fsp3) is 0.500. The molecule has 1 unspecified atom stereocenters. The average molecular weight is 234 g/mol. The molecular formula is C14H22N2O. The fourth-order valence-electron chi connectivity index (χ4n) is 1.68. The lowest BCUT2D eigenvalue weighted by Gasteiger charge is -2.15. The van der Waals surface area contributed by atoms with E-state index in [1.165, 1.54) is 0 Å². The maximum atomic E-state index is 11.7. The lowest BCUT2D eigenvalue weighted by molar-refractivity contribution is -0.121. The van der Waals surface area contributed by atoms with E-state index in [4.69, 9.17) is 5.73 Å². The minimum atomic E-state index is 0.0815. The van der Waals surface area contributed by atoms with Crippen LogP contribution < -0.4 is 11.1 Å². The van der Waals surface area contributed by atoms with Gasteiger partial charge in [0, 0.05) is 18.9 Å². The molecule has 3 N–H and O–H groups in total. The molecule has 3 heteroatoms. The summed E-state index contributed by atoms with van der Waals surface area (Å²) in [6.45, 7) is 5.39. The van der Waals surface area contributed by atoms with Gasteiger partial charge in [0.25, 0.3) is 0 Å². The topological polar surface area (TPSA) is 55.1 Å². The summed E-state index contributed by atoms with van der Waals surface area (Å²) in [4.78, 5) is 11.7. The molecule has 0 aromatic heterocycles. The number of rotatable bonds is 6. The summed E-state index contributed by atoms with van der Waals surface area (Å²) in [5.41, 5.74) is 6.86. The summed E-state index contributed by atoms with van der Waals surface area (Å²) in [7, 11) is 0. The second-order valence-electron chi connectivity index (χ2n) is 4.75. The molecule has 0 aliphatic rings. The Morgan fingerprint density at radius 1 is 1.29 bits per heavy atom. The number of carbonyl (C=O) groups excluding carboxylic acids is 1. The molecule has 0 aliphatic carbocycles. The molecule has 1 amide bonds. The van der Waals surface area contributed by atoms with Crippen molar-refractivity contribution in [3.8, 4) is 0 Å². The van der Waals surface area contributed by atoms with Crippen LogP contribution in [0.5, 0.6) is 0 Å². The van der Waals surface area contributed by atoms with Crippen LogP contribution >= 0.6 is 0 Å². The van der Waals surface area contributed by atoms with Crippen molar-refractivity contribution in [2.45, 2.75) is 26.2 Å². The van der Waals surface area contributed by atoms with Crippen LogP contribution in [0.15, 0.2) is 30.3 Å². The van der Waals surface area contributed by atoms with Crippen LogP contribution in [0, 0.1) is 5.92 Å². The van der Waals surface area contributed by atoms with E-state index in [-0.39, 0.29) is 11.8 Å². The first kappa shape index (κ1) is 13.7. The molecule has 0 saturated heterocycles.